The number of hydrogen-bond acceptors (Lipinski definition) is 3. The van der Waals surface area contributed by atoms with E-state index in [1.807, 2.05) is 36.5 Å². The zero-order valence-electron chi connectivity index (χ0n) is 9.58. The van der Waals surface area contributed by atoms with Crippen molar-refractivity contribution in [1.29, 1.82) is 0 Å². The molecule has 0 aliphatic rings. The normalized spacial score (nSPS) is 10.9. The summed E-state index contributed by atoms with van der Waals surface area (Å²) in [7, 11) is 1.64. The average molecular weight is 230 g/mol. The molecule has 1 aromatic heterocycles. The standard InChI is InChI=1S/C13H14N2O2/c1-17-13-6-4-12(5-7-13)15-9-8-11(14-15)3-2-10-16/h2-9,16H,10H2,1H3. The maximum absolute atomic E-state index is 8.67. The van der Waals surface area contributed by atoms with Crippen molar-refractivity contribution in [2.75, 3.05) is 13.7 Å². The van der Waals surface area contributed by atoms with Gasteiger partial charge in [0, 0.05) is 6.20 Å². The number of nitrogens with zero attached hydrogens (tertiary/aromatic N) is 2. The molecule has 0 fully saturated rings. The molecule has 4 heteroatoms. The Morgan fingerprint density at radius 1 is 1.29 bits per heavy atom. The van der Waals surface area contributed by atoms with Gasteiger partial charge < -0.3 is 9.84 Å². The van der Waals surface area contributed by atoms with Gasteiger partial charge in [0.1, 0.15) is 5.75 Å². The van der Waals surface area contributed by atoms with Crippen LogP contribution in [0.4, 0.5) is 0 Å². The number of hydrogen-bond donors (Lipinski definition) is 1. The van der Waals surface area contributed by atoms with Crippen molar-refractivity contribution >= 4 is 6.08 Å². The van der Waals surface area contributed by atoms with Crippen LogP contribution in [0.15, 0.2) is 42.6 Å². The Labute approximate surface area is 99.8 Å². The number of ether oxygens (including phenoxy) is 1. The second kappa shape index (κ2) is 5.32. The highest BCUT2D eigenvalue weighted by Gasteiger charge is 1.99. The van der Waals surface area contributed by atoms with E-state index in [9.17, 15) is 0 Å². The second-order valence-electron chi connectivity index (χ2n) is 3.47. The van der Waals surface area contributed by atoms with Crippen molar-refractivity contribution in [2.45, 2.75) is 0 Å². The van der Waals surface area contributed by atoms with Gasteiger partial charge in [0.25, 0.3) is 0 Å². The molecule has 4 nitrogen and oxygen atoms in total. The minimum atomic E-state index is 0.0232. The van der Waals surface area contributed by atoms with Gasteiger partial charge in [-0.05, 0) is 36.4 Å². The van der Waals surface area contributed by atoms with Gasteiger partial charge in [-0.2, -0.15) is 5.10 Å². The minimum absolute atomic E-state index is 0.0232. The lowest BCUT2D eigenvalue weighted by atomic mass is 10.3. The summed E-state index contributed by atoms with van der Waals surface area (Å²) in [6.45, 7) is 0.0232. The Hall–Kier alpha value is -2.07. The molecule has 1 aromatic carbocycles. The average Bonchev–Trinajstić information content (AvgIpc) is 2.85. The predicted octanol–water partition coefficient (Wildman–Crippen LogP) is 1.89. The van der Waals surface area contributed by atoms with Crippen LogP contribution < -0.4 is 4.74 Å². The molecular formula is C13H14N2O2. The summed E-state index contributed by atoms with van der Waals surface area (Å²) in [5.74, 6) is 0.821. The maximum Gasteiger partial charge on any atom is 0.119 e. The Kier molecular flexibility index (Phi) is 3.57. The van der Waals surface area contributed by atoms with E-state index >= 15 is 0 Å². The SMILES string of the molecule is COc1ccc(-n2ccc(C=CCO)n2)cc1. The molecule has 1 N–H and O–H groups in total. The maximum atomic E-state index is 8.67. The van der Waals surface area contributed by atoms with Gasteiger partial charge in [0.15, 0.2) is 0 Å². The van der Waals surface area contributed by atoms with Crippen LogP contribution in [0.25, 0.3) is 11.8 Å². The van der Waals surface area contributed by atoms with Gasteiger partial charge in [0.2, 0.25) is 0 Å². The Balaban J connectivity index is 2.21. The van der Waals surface area contributed by atoms with Gasteiger partial charge in [-0.25, -0.2) is 4.68 Å². The summed E-state index contributed by atoms with van der Waals surface area (Å²) in [5, 5.41) is 13.0. The van der Waals surface area contributed by atoms with E-state index in [0.717, 1.165) is 17.1 Å². The first-order chi connectivity index (χ1) is 8.33. The van der Waals surface area contributed by atoms with Crippen LogP contribution in [0, 0.1) is 0 Å². The van der Waals surface area contributed by atoms with E-state index in [-0.39, 0.29) is 6.61 Å². The summed E-state index contributed by atoms with van der Waals surface area (Å²) < 4.78 is 6.87. The summed E-state index contributed by atoms with van der Waals surface area (Å²) in [6.07, 6.45) is 5.31. The molecule has 1 heterocycles. The highest BCUT2D eigenvalue weighted by molar-refractivity contribution is 5.45. The molecule has 0 bridgehead atoms. The first-order valence-electron chi connectivity index (χ1n) is 5.31. The third-order valence-corrected chi connectivity index (χ3v) is 2.34. The van der Waals surface area contributed by atoms with Gasteiger partial charge in [-0.1, -0.05) is 6.08 Å². The van der Waals surface area contributed by atoms with Crippen LogP contribution in [0.2, 0.25) is 0 Å². The van der Waals surface area contributed by atoms with E-state index in [2.05, 4.69) is 5.10 Å². The van der Waals surface area contributed by atoms with Gasteiger partial charge in [-0.15, -0.1) is 0 Å². The fourth-order valence-corrected chi connectivity index (χ4v) is 1.48. The van der Waals surface area contributed by atoms with Crippen LogP contribution in [0.3, 0.4) is 0 Å². The molecule has 2 aromatic rings. The fourth-order valence-electron chi connectivity index (χ4n) is 1.48. The molecule has 0 aliphatic carbocycles. The zero-order chi connectivity index (χ0) is 12.1. The smallest absolute Gasteiger partial charge is 0.119 e. The zero-order valence-corrected chi connectivity index (χ0v) is 9.58. The summed E-state index contributed by atoms with van der Waals surface area (Å²) >= 11 is 0. The lowest BCUT2D eigenvalue weighted by Crippen LogP contribution is -1.94. The molecule has 0 aliphatic heterocycles. The molecule has 0 unspecified atom stereocenters. The first kappa shape index (κ1) is 11.4. The van der Waals surface area contributed by atoms with Crippen molar-refractivity contribution in [3.05, 3.63) is 48.3 Å². The van der Waals surface area contributed by atoms with Crippen molar-refractivity contribution in [1.82, 2.24) is 9.78 Å². The fraction of sp³-hybridized carbons (Fsp3) is 0.154. The molecular weight excluding hydrogens is 216 g/mol. The summed E-state index contributed by atoms with van der Waals surface area (Å²) in [4.78, 5) is 0. The lowest BCUT2D eigenvalue weighted by Gasteiger charge is -2.02. The third kappa shape index (κ3) is 2.73. The summed E-state index contributed by atoms with van der Waals surface area (Å²) in [6, 6.07) is 9.54. The quantitative estimate of drug-likeness (QED) is 0.872. The van der Waals surface area contributed by atoms with E-state index in [1.165, 1.54) is 0 Å². The van der Waals surface area contributed by atoms with Crippen molar-refractivity contribution in [3.8, 4) is 11.4 Å². The molecule has 2 rings (SSSR count). The van der Waals surface area contributed by atoms with Crippen molar-refractivity contribution in [3.63, 3.8) is 0 Å². The molecule has 0 radical (unpaired) electrons. The van der Waals surface area contributed by atoms with E-state index in [0.29, 0.717) is 0 Å². The van der Waals surface area contributed by atoms with Gasteiger partial charge in [0.05, 0.1) is 25.1 Å². The molecule has 88 valence electrons. The Bertz CT molecular complexity index is 500. The largest absolute Gasteiger partial charge is 0.497 e. The molecule has 0 atom stereocenters. The van der Waals surface area contributed by atoms with Gasteiger partial charge in [-0.3, -0.25) is 0 Å². The van der Waals surface area contributed by atoms with E-state index in [1.54, 1.807) is 23.9 Å². The van der Waals surface area contributed by atoms with Crippen LogP contribution >= 0.6 is 0 Å². The molecule has 17 heavy (non-hydrogen) atoms. The molecule has 0 saturated heterocycles. The highest BCUT2D eigenvalue weighted by Crippen LogP contribution is 2.14. The van der Waals surface area contributed by atoms with E-state index in [4.69, 9.17) is 9.84 Å². The predicted molar refractivity (Wildman–Crippen MR) is 66.2 cm³/mol. The number of methoxy groups -OCH3 is 1. The van der Waals surface area contributed by atoms with Crippen LogP contribution in [-0.2, 0) is 0 Å². The number of aliphatic hydroxyl groups excluding tert-OH is 1. The molecule has 0 saturated carbocycles. The lowest BCUT2D eigenvalue weighted by molar-refractivity contribution is 0.343. The molecule has 0 spiro atoms. The number of aliphatic hydroxyl groups is 1. The van der Waals surface area contributed by atoms with Crippen LogP contribution in [-0.4, -0.2) is 28.6 Å². The highest BCUT2D eigenvalue weighted by atomic mass is 16.5. The summed E-state index contributed by atoms with van der Waals surface area (Å²) in [5.41, 5.74) is 1.78. The number of rotatable bonds is 4. The number of benzene rings is 1. The Morgan fingerprint density at radius 3 is 2.71 bits per heavy atom. The topological polar surface area (TPSA) is 47.3 Å². The van der Waals surface area contributed by atoms with Gasteiger partial charge >= 0.3 is 0 Å². The first-order valence-corrected chi connectivity index (χ1v) is 5.31. The Morgan fingerprint density at radius 2 is 2.06 bits per heavy atom. The monoisotopic (exact) mass is 230 g/mol. The van der Waals surface area contributed by atoms with Crippen molar-refractivity contribution < 1.29 is 9.84 Å². The molecule has 0 amide bonds. The number of aromatic nitrogens is 2. The second-order valence-corrected chi connectivity index (χ2v) is 3.47. The minimum Gasteiger partial charge on any atom is -0.497 e. The van der Waals surface area contributed by atoms with Crippen LogP contribution in [0.5, 0.6) is 5.75 Å². The van der Waals surface area contributed by atoms with E-state index < -0.39 is 0 Å². The van der Waals surface area contributed by atoms with Crippen LogP contribution in [0.1, 0.15) is 5.69 Å². The third-order valence-electron chi connectivity index (χ3n) is 2.34. The van der Waals surface area contributed by atoms with Crippen molar-refractivity contribution in [2.24, 2.45) is 0 Å².